The fraction of sp³-hybridized carbons (Fsp3) is 0.691. The Morgan fingerprint density at radius 1 is 0.547 bits per heavy atom. The molecule has 3 unspecified atom stereocenters. The molecule has 0 radical (unpaired) electrons. The van der Waals surface area contributed by atoms with Gasteiger partial charge in [-0.25, -0.2) is 4.57 Å². The summed E-state index contributed by atoms with van der Waals surface area (Å²) in [7, 11) is 1.53. The van der Waals surface area contributed by atoms with E-state index in [0.717, 1.165) is 77.0 Å². The van der Waals surface area contributed by atoms with Crippen LogP contribution in [0, 0.1) is 0 Å². The number of nitrogens with one attached hydrogen (secondary N) is 1. The fourth-order valence-corrected chi connectivity index (χ4v) is 7.48. The number of rotatable bonds is 45. The van der Waals surface area contributed by atoms with Gasteiger partial charge in [0.05, 0.1) is 39.9 Å². The van der Waals surface area contributed by atoms with Crippen LogP contribution in [0.25, 0.3) is 0 Å². The maximum atomic E-state index is 12.9. The lowest BCUT2D eigenvalue weighted by Gasteiger charge is -2.25. The summed E-state index contributed by atoms with van der Waals surface area (Å²) in [5.41, 5.74) is 0. The van der Waals surface area contributed by atoms with Crippen molar-refractivity contribution >= 4 is 13.7 Å². The summed E-state index contributed by atoms with van der Waals surface area (Å²) in [5, 5.41) is 13.8. The van der Waals surface area contributed by atoms with E-state index in [2.05, 4.69) is 104 Å². The Labute approximate surface area is 394 Å². The summed E-state index contributed by atoms with van der Waals surface area (Å²) >= 11 is 0. The first-order valence-electron chi connectivity index (χ1n) is 25.6. The molecule has 0 aliphatic heterocycles. The second-order valence-electron chi connectivity index (χ2n) is 18.1. The number of carbonyl (C=O) groups excluding carboxylic acids is 1. The molecule has 3 atom stereocenters. The highest BCUT2D eigenvalue weighted by molar-refractivity contribution is 7.47. The van der Waals surface area contributed by atoms with Crippen LogP contribution in [0.2, 0.25) is 0 Å². The number of likely N-dealkylation sites (N-methyl/N-ethyl adjacent to an activating group) is 1. The second kappa shape index (κ2) is 45.6. The number of nitrogens with zero attached hydrogens (tertiary/aromatic N) is 1. The molecule has 64 heavy (non-hydrogen) atoms. The molecular weight excluding hydrogens is 816 g/mol. The lowest BCUT2D eigenvalue weighted by atomic mass is 10.0. The first kappa shape index (κ1) is 61.4. The van der Waals surface area contributed by atoms with Gasteiger partial charge in [0, 0.05) is 6.42 Å². The summed E-state index contributed by atoms with van der Waals surface area (Å²) in [6, 6.07) is -0.877. The monoisotopic (exact) mass is 914 g/mol. The standard InChI is InChI=1S/C55H97N2O6P/c1-6-8-10-12-14-16-18-20-22-23-24-25-26-27-28-29-30-31-32-33-35-37-39-41-43-45-47-49-55(59)56-53(52-63-64(60,61)62-51-50-57(3,4)5)54(58)48-46-44-42-40-38-36-34-21-19-17-15-13-11-9-7-2/h8,10,14,16,19-22,24-25,27-28,38,40,46,48,53-54,58H,6-7,9,11-13,15,17-18,23,26,29-37,39,41-45,47,49-52H2,1-5H3,(H-,56,59,60,61)/p+1/b10-8-,16-14-,21-19+,22-20-,25-24-,28-27-,40-38+,48-46+. The van der Waals surface area contributed by atoms with Gasteiger partial charge < -0.3 is 19.8 Å². The van der Waals surface area contributed by atoms with E-state index < -0.39 is 20.0 Å². The number of phosphoric ester groups is 1. The number of phosphoric acid groups is 1. The van der Waals surface area contributed by atoms with Crippen LogP contribution in [-0.4, -0.2) is 73.4 Å². The van der Waals surface area contributed by atoms with Crippen molar-refractivity contribution in [1.82, 2.24) is 5.32 Å². The van der Waals surface area contributed by atoms with E-state index in [1.807, 2.05) is 27.2 Å². The van der Waals surface area contributed by atoms with Gasteiger partial charge in [0.1, 0.15) is 13.2 Å². The van der Waals surface area contributed by atoms with Crippen molar-refractivity contribution < 1.29 is 32.9 Å². The van der Waals surface area contributed by atoms with E-state index in [1.165, 1.54) is 96.3 Å². The number of allylic oxidation sites excluding steroid dienone is 15. The Kier molecular flexibility index (Phi) is 43.7. The fourth-order valence-electron chi connectivity index (χ4n) is 6.75. The normalized spacial score (nSPS) is 14.9. The van der Waals surface area contributed by atoms with Gasteiger partial charge in [-0.05, 0) is 89.9 Å². The van der Waals surface area contributed by atoms with E-state index >= 15 is 0 Å². The molecule has 0 fully saturated rings. The average Bonchev–Trinajstić information content (AvgIpc) is 3.25. The number of hydrogen-bond donors (Lipinski definition) is 3. The van der Waals surface area contributed by atoms with E-state index in [1.54, 1.807) is 6.08 Å². The first-order chi connectivity index (χ1) is 31.0. The van der Waals surface area contributed by atoms with Crippen LogP contribution < -0.4 is 5.32 Å². The van der Waals surface area contributed by atoms with Gasteiger partial charge in [0.15, 0.2) is 0 Å². The molecule has 0 rings (SSSR count). The molecule has 0 aromatic carbocycles. The maximum absolute atomic E-state index is 12.9. The lowest BCUT2D eigenvalue weighted by Crippen LogP contribution is -2.45. The molecule has 0 aromatic rings. The third-order valence-corrected chi connectivity index (χ3v) is 11.7. The summed E-state index contributed by atoms with van der Waals surface area (Å²) in [6.07, 6.45) is 64.9. The smallest absolute Gasteiger partial charge is 0.387 e. The topological polar surface area (TPSA) is 105 Å². The number of aliphatic hydroxyl groups excluding tert-OH is 1. The Hall–Kier alpha value is -2.58. The van der Waals surface area contributed by atoms with Gasteiger partial charge >= 0.3 is 7.82 Å². The Morgan fingerprint density at radius 3 is 1.44 bits per heavy atom. The highest BCUT2D eigenvalue weighted by Crippen LogP contribution is 2.43. The zero-order valence-electron chi connectivity index (χ0n) is 41.7. The van der Waals surface area contributed by atoms with Crippen molar-refractivity contribution in [2.75, 3.05) is 40.9 Å². The quantitative estimate of drug-likeness (QED) is 0.0243. The van der Waals surface area contributed by atoms with E-state index in [9.17, 15) is 19.4 Å². The Morgan fingerprint density at radius 2 is 0.953 bits per heavy atom. The number of hydrogen-bond acceptors (Lipinski definition) is 5. The molecule has 0 aliphatic rings. The second-order valence-corrected chi connectivity index (χ2v) is 19.6. The molecule has 0 saturated carbocycles. The molecule has 0 heterocycles. The molecule has 0 spiro atoms. The van der Waals surface area contributed by atoms with Gasteiger partial charge in [0.25, 0.3) is 0 Å². The largest absolute Gasteiger partial charge is 0.472 e. The number of unbranched alkanes of at least 4 members (excludes halogenated alkanes) is 18. The highest BCUT2D eigenvalue weighted by Gasteiger charge is 2.27. The zero-order chi connectivity index (χ0) is 47.1. The molecule has 3 N–H and O–H groups in total. The molecule has 0 aromatic heterocycles. The summed E-state index contributed by atoms with van der Waals surface area (Å²) in [4.78, 5) is 23.2. The van der Waals surface area contributed by atoms with Gasteiger partial charge in [-0.1, -0.05) is 195 Å². The number of carbonyl (C=O) groups is 1. The van der Waals surface area contributed by atoms with Crippen molar-refractivity contribution in [3.8, 4) is 0 Å². The third kappa shape index (κ3) is 47.4. The van der Waals surface area contributed by atoms with Crippen LogP contribution in [-0.2, 0) is 18.4 Å². The molecule has 0 bridgehead atoms. The molecule has 1 amide bonds. The number of amides is 1. The van der Waals surface area contributed by atoms with Crippen LogP contribution in [0.3, 0.4) is 0 Å². The van der Waals surface area contributed by atoms with Crippen LogP contribution >= 0.6 is 7.82 Å². The van der Waals surface area contributed by atoms with Crippen LogP contribution in [0.4, 0.5) is 0 Å². The van der Waals surface area contributed by atoms with Gasteiger partial charge in [-0.2, -0.15) is 0 Å². The predicted molar refractivity (Wildman–Crippen MR) is 276 cm³/mol. The summed E-state index contributed by atoms with van der Waals surface area (Å²) in [5.74, 6) is -0.199. The lowest BCUT2D eigenvalue weighted by molar-refractivity contribution is -0.870. The molecule has 368 valence electrons. The van der Waals surface area contributed by atoms with Crippen molar-refractivity contribution in [3.63, 3.8) is 0 Å². The predicted octanol–water partition coefficient (Wildman–Crippen LogP) is 15.1. The van der Waals surface area contributed by atoms with E-state index in [0.29, 0.717) is 17.4 Å². The van der Waals surface area contributed by atoms with Crippen molar-refractivity contribution in [2.24, 2.45) is 0 Å². The van der Waals surface area contributed by atoms with Crippen molar-refractivity contribution in [3.05, 3.63) is 97.2 Å². The van der Waals surface area contributed by atoms with Crippen LogP contribution in [0.5, 0.6) is 0 Å². The minimum atomic E-state index is -4.36. The third-order valence-electron chi connectivity index (χ3n) is 10.8. The van der Waals surface area contributed by atoms with E-state index in [4.69, 9.17) is 9.05 Å². The van der Waals surface area contributed by atoms with Gasteiger partial charge in [0.2, 0.25) is 5.91 Å². The zero-order valence-corrected chi connectivity index (χ0v) is 42.6. The molecule has 9 heteroatoms. The summed E-state index contributed by atoms with van der Waals surface area (Å²) in [6.45, 7) is 4.64. The Balaban J connectivity index is 4.31. The van der Waals surface area contributed by atoms with Crippen molar-refractivity contribution in [2.45, 2.75) is 206 Å². The minimum Gasteiger partial charge on any atom is -0.387 e. The first-order valence-corrected chi connectivity index (χ1v) is 27.1. The molecule has 8 nitrogen and oxygen atoms in total. The van der Waals surface area contributed by atoms with Gasteiger partial charge in [-0.3, -0.25) is 13.8 Å². The highest BCUT2D eigenvalue weighted by atomic mass is 31.2. The SMILES string of the molecule is CC/C=C\C/C=C\C/C=C\C/C=C\C/C=C\CCCCCCCCCCCCCC(=O)NC(COP(=O)(O)OCC[N+](C)(C)C)C(O)/C=C/CC/C=C/CC/C=C/CCCCCCC. The molecule has 0 saturated heterocycles. The van der Waals surface area contributed by atoms with E-state index in [-0.39, 0.29) is 19.1 Å². The minimum absolute atomic E-state index is 0.0483. The Bertz CT molecular complexity index is 1360. The van der Waals surface area contributed by atoms with Crippen LogP contribution in [0.15, 0.2) is 97.2 Å². The van der Waals surface area contributed by atoms with Crippen LogP contribution in [0.1, 0.15) is 194 Å². The number of aliphatic hydroxyl groups is 1. The van der Waals surface area contributed by atoms with Gasteiger partial charge in [-0.15, -0.1) is 0 Å². The molecular formula is C55H98N2O6P+. The molecule has 0 aliphatic carbocycles. The number of quaternary nitrogens is 1. The summed E-state index contributed by atoms with van der Waals surface area (Å²) < 4.78 is 23.6. The maximum Gasteiger partial charge on any atom is 0.472 e. The average molecular weight is 914 g/mol. The van der Waals surface area contributed by atoms with Crippen molar-refractivity contribution in [1.29, 1.82) is 0 Å².